The number of aryl methyl sites for hydroxylation is 4. The number of aromatic nitrogens is 2. The van der Waals surface area contributed by atoms with Gasteiger partial charge >= 0.3 is 0 Å². The Morgan fingerprint density at radius 2 is 1.79 bits per heavy atom. The van der Waals surface area contributed by atoms with Gasteiger partial charge in [-0.2, -0.15) is 0 Å². The molecule has 2 rings (SSSR count). The standard InChI is InChI=1S/C15H20N2.BrH.HI/c1-14-6-3-10-17(12-14)11-5-8-15-7-4-9-16(2)13-15;;/h3-4,6-7,9-10,12-13H,5,8,11H2,1-2H3;2*1H/q+2;;/p-2. The summed E-state index contributed by atoms with van der Waals surface area (Å²) in [5.41, 5.74) is 2.72. The monoisotopic (exact) mass is 434 g/mol. The molecule has 0 saturated heterocycles. The maximum atomic E-state index is 2.26. The van der Waals surface area contributed by atoms with Crippen LogP contribution in [0.4, 0.5) is 0 Å². The lowest BCUT2D eigenvalue weighted by molar-refractivity contribution is -0.697. The molecule has 0 atom stereocenters. The van der Waals surface area contributed by atoms with E-state index in [-0.39, 0.29) is 41.0 Å². The summed E-state index contributed by atoms with van der Waals surface area (Å²) in [6.07, 6.45) is 10.9. The molecule has 2 aromatic rings. The van der Waals surface area contributed by atoms with Crippen LogP contribution in [0.15, 0.2) is 49.1 Å². The maximum absolute atomic E-state index is 2.26. The van der Waals surface area contributed by atoms with E-state index >= 15 is 0 Å². The van der Waals surface area contributed by atoms with Crippen molar-refractivity contribution >= 4 is 0 Å². The van der Waals surface area contributed by atoms with Crippen molar-refractivity contribution in [3.8, 4) is 0 Å². The van der Waals surface area contributed by atoms with Crippen LogP contribution in [-0.2, 0) is 20.0 Å². The highest BCUT2D eigenvalue weighted by atomic mass is 127. The van der Waals surface area contributed by atoms with Crippen LogP contribution in [0, 0.1) is 6.92 Å². The van der Waals surface area contributed by atoms with E-state index in [2.05, 4.69) is 72.2 Å². The molecule has 0 N–H and O–H groups in total. The van der Waals surface area contributed by atoms with Gasteiger partial charge in [-0.3, -0.25) is 0 Å². The second kappa shape index (κ2) is 9.42. The molecule has 2 aromatic heterocycles. The van der Waals surface area contributed by atoms with Gasteiger partial charge in [0.05, 0.1) is 0 Å². The molecular weight excluding hydrogens is 415 g/mol. The van der Waals surface area contributed by atoms with E-state index < -0.39 is 0 Å². The molecule has 2 nitrogen and oxygen atoms in total. The third-order valence-electron chi connectivity index (χ3n) is 2.89. The van der Waals surface area contributed by atoms with Crippen LogP contribution in [0.5, 0.6) is 0 Å². The third-order valence-corrected chi connectivity index (χ3v) is 2.89. The topological polar surface area (TPSA) is 7.76 Å². The summed E-state index contributed by atoms with van der Waals surface area (Å²) in [5.74, 6) is 0. The van der Waals surface area contributed by atoms with E-state index in [4.69, 9.17) is 0 Å². The zero-order chi connectivity index (χ0) is 12.1. The van der Waals surface area contributed by atoms with E-state index in [9.17, 15) is 0 Å². The van der Waals surface area contributed by atoms with Crippen molar-refractivity contribution in [3.63, 3.8) is 0 Å². The molecule has 0 aliphatic carbocycles. The minimum Gasteiger partial charge on any atom is -1.00 e. The van der Waals surface area contributed by atoms with Gasteiger partial charge in [-0.15, -0.1) is 0 Å². The van der Waals surface area contributed by atoms with Crippen LogP contribution in [0.25, 0.3) is 0 Å². The number of hydrogen-bond donors (Lipinski definition) is 0. The molecule has 0 fully saturated rings. The first-order valence-corrected chi connectivity index (χ1v) is 6.14. The quantitative estimate of drug-likeness (QED) is 0.340. The molecule has 0 radical (unpaired) electrons. The smallest absolute Gasteiger partial charge is 0.171 e. The van der Waals surface area contributed by atoms with Gasteiger partial charge in [0, 0.05) is 29.7 Å². The number of rotatable bonds is 4. The summed E-state index contributed by atoms with van der Waals surface area (Å²) in [4.78, 5) is 0. The van der Waals surface area contributed by atoms with Crippen molar-refractivity contribution in [3.05, 3.63) is 60.2 Å². The molecule has 0 aliphatic heterocycles. The van der Waals surface area contributed by atoms with E-state index in [1.165, 1.54) is 17.5 Å². The van der Waals surface area contributed by atoms with Gasteiger partial charge in [0.25, 0.3) is 0 Å². The lowest BCUT2D eigenvalue weighted by Crippen LogP contribution is -3.00. The van der Waals surface area contributed by atoms with Crippen LogP contribution in [0.2, 0.25) is 0 Å². The van der Waals surface area contributed by atoms with Gasteiger partial charge in [0.15, 0.2) is 24.8 Å². The van der Waals surface area contributed by atoms with Gasteiger partial charge in [-0.1, -0.05) is 0 Å². The molecule has 19 heavy (non-hydrogen) atoms. The maximum Gasteiger partial charge on any atom is 0.171 e. The summed E-state index contributed by atoms with van der Waals surface area (Å²) < 4.78 is 4.37. The highest BCUT2D eigenvalue weighted by Crippen LogP contribution is 1.99. The zero-order valence-corrected chi connectivity index (χ0v) is 15.1. The predicted molar refractivity (Wildman–Crippen MR) is 67.3 cm³/mol. The van der Waals surface area contributed by atoms with Crippen LogP contribution in [0.1, 0.15) is 17.5 Å². The highest BCUT2D eigenvalue weighted by Gasteiger charge is 2.02. The number of halogens is 2. The molecule has 0 unspecified atom stereocenters. The van der Waals surface area contributed by atoms with Crippen molar-refractivity contribution < 1.29 is 50.1 Å². The molecule has 0 spiro atoms. The second-order valence-electron chi connectivity index (χ2n) is 4.60. The summed E-state index contributed by atoms with van der Waals surface area (Å²) in [7, 11) is 2.07. The fraction of sp³-hybridized carbons (Fsp3) is 0.333. The molecule has 0 bridgehead atoms. The fourth-order valence-electron chi connectivity index (χ4n) is 2.06. The molecule has 0 aromatic carbocycles. The average molecular weight is 435 g/mol. The largest absolute Gasteiger partial charge is 1.00 e. The Morgan fingerprint density at radius 1 is 1.05 bits per heavy atom. The molecule has 0 saturated carbocycles. The SMILES string of the molecule is Cc1ccc[n+](CCCc2ccc[n+](C)c2)c1.[Br-].[I-]. The Balaban J connectivity index is 0.00000162. The first kappa shape index (κ1) is 18.5. The zero-order valence-electron chi connectivity index (χ0n) is 11.4. The second-order valence-corrected chi connectivity index (χ2v) is 4.60. The minimum absolute atomic E-state index is 0. The lowest BCUT2D eigenvalue weighted by atomic mass is 10.1. The summed E-state index contributed by atoms with van der Waals surface area (Å²) >= 11 is 0. The normalized spacial score (nSPS) is 9.37. The predicted octanol–water partition coefficient (Wildman–Crippen LogP) is -4.25. The van der Waals surface area contributed by atoms with Crippen LogP contribution < -0.4 is 50.1 Å². The van der Waals surface area contributed by atoms with Crippen molar-refractivity contribution in [1.82, 2.24) is 0 Å². The number of hydrogen-bond acceptors (Lipinski definition) is 0. The van der Waals surface area contributed by atoms with Gasteiger partial charge in [-0.05, 0) is 25.5 Å². The van der Waals surface area contributed by atoms with E-state index in [0.29, 0.717) is 0 Å². The Morgan fingerprint density at radius 3 is 2.47 bits per heavy atom. The van der Waals surface area contributed by atoms with Crippen molar-refractivity contribution in [2.24, 2.45) is 7.05 Å². The Kier molecular flexibility index (Phi) is 9.18. The van der Waals surface area contributed by atoms with Crippen LogP contribution >= 0.6 is 0 Å². The fourth-order valence-corrected chi connectivity index (χ4v) is 2.06. The molecule has 2 heterocycles. The van der Waals surface area contributed by atoms with Gasteiger partial charge in [0.2, 0.25) is 0 Å². The summed E-state index contributed by atoms with van der Waals surface area (Å²) in [5, 5.41) is 0. The number of pyridine rings is 2. The summed E-state index contributed by atoms with van der Waals surface area (Å²) in [6, 6.07) is 8.54. The molecule has 4 heteroatoms. The molecule has 104 valence electrons. The average Bonchev–Trinajstić information content (AvgIpc) is 2.29. The minimum atomic E-state index is 0. The highest BCUT2D eigenvalue weighted by molar-refractivity contribution is 5.05. The van der Waals surface area contributed by atoms with Crippen LogP contribution in [0.3, 0.4) is 0 Å². The van der Waals surface area contributed by atoms with E-state index in [1.807, 2.05) is 0 Å². The molecule has 0 amide bonds. The summed E-state index contributed by atoms with van der Waals surface area (Å²) in [6.45, 7) is 3.22. The van der Waals surface area contributed by atoms with Gasteiger partial charge in [0.1, 0.15) is 13.6 Å². The number of nitrogens with zero attached hydrogens (tertiary/aromatic N) is 2. The van der Waals surface area contributed by atoms with E-state index in [0.717, 1.165) is 13.0 Å². The Labute approximate surface area is 143 Å². The Hall–Kier alpha value is -0.490. The molecular formula is C15H20BrIN2. The van der Waals surface area contributed by atoms with Gasteiger partial charge < -0.3 is 41.0 Å². The first-order valence-electron chi connectivity index (χ1n) is 6.14. The van der Waals surface area contributed by atoms with Gasteiger partial charge in [-0.25, -0.2) is 9.13 Å². The van der Waals surface area contributed by atoms with E-state index in [1.54, 1.807) is 0 Å². The van der Waals surface area contributed by atoms with Crippen molar-refractivity contribution in [1.29, 1.82) is 0 Å². The molecule has 0 aliphatic rings. The lowest BCUT2D eigenvalue weighted by Gasteiger charge is -1.99. The first-order chi connectivity index (χ1) is 8.24. The van der Waals surface area contributed by atoms with Crippen molar-refractivity contribution in [2.75, 3.05) is 0 Å². The van der Waals surface area contributed by atoms with Crippen molar-refractivity contribution in [2.45, 2.75) is 26.3 Å². The third kappa shape index (κ3) is 6.47. The Bertz CT molecular complexity index is 458. The van der Waals surface area contributed by atoms with Crippen LogP contribution in [-0.4, -0.2) is 0 Å².